The number of aromatic nitrogens is 2. The molecule has 3 aromatic heterocycles. The Morgan fingerprint density at radius 1 is 1.08 bits per heavy atom. The van der Waals surface area contributed by atoms with E-state index in [1.54, 1.807) is 37.3 Å². The number of fused-ring (bicyclic) bond motifs is 1. The molecule has 6 heteroatoms. The van der Waals surface area contributed by atoms with Gasteiger partial charge in [-0.2, -0.15) is 0 Å². The van der Waals surface area contributed by atoms with Gasteiger partial charge in [0.05, 0.1) is 22.3 Å². The van der Waals surface area contributed by atoms with Crippen LogP contribution in [0.2, 0.25) is 0 Å². The van der Waals surface area contributed by atoms with E-state index in [9.17, 15) is 4.79 Å². The van der Waals surface area contributed by atoms with Gasteiger partial charge in [-0.1, -0.05) is 23.4 Å². The van der Waals surface area contributed by atoms with Crippen molar-refractivity contribution < 1.29 is 18.5 Å². The summed E-state index contributed by atoms with van der Waals surface area (Å²) in [5.41, 5.74) is 2.60. The molecular weight excluding hydrogens is 332 g/mol. The van der Waals surface area contributed by atoms with E-state index in [4.69, 9.17) is 13.7 Å². The zero-order valence-electron chi connectivity index (χ0n) is 14.6. The molecular formula is C20H16N2O4. The lowest BCUT2D eigenvalue weighted by molar-refractivity contribution is 0.0736. The Balaban J connectivity index is 1.85. The molecule has 6 nitrogen and oxygen atoms in total. The number of hydrogen-bond acceptors (Lipinski definition) is 6. The largest absolute Gasteiger partial charge is 0.466 e. The fraction of sp³-hybridized carbons (Fsp3) is 0.150. The number of furan rings is 1. The van der Waals surface area contributed by atoms with Gasteiger partial charge in [0.15, 0.2) is 0 Å². The van der Waals surface area contributed by atoms with Crippen molar-refractivity contribution in [2.75, 3.05) is 0 Å². The predicted octanol–water partition coefficient (Wildman–Crippen LogP) is 4.63. The number of para-hydroxylation sites is 1. The van der Waals surface area contributed by atoms with Crippen molar-refractivity contribution in [3.8, 4) is 17.0 Å². The Bertz CT molecular complexity index is 1110. The van der Waals surface area contributed by atoms with Gasteiger partial charge in [-0.15, -0.1) is 0 Å². The first kappa shape index (κ1) is 16.1. The standard InChI is InChI=1S/C20H16N2O4/c1-11-9-15(13(3)24-11)17-10-16(18-12(2)22-26-19(18)21-17)20(23)25-14-7-5-4-6-8-14/h4-10H,1-3H3. The first-order valence-electron chi connectivity index (χ1n) is 8.14. The Morgan fingerprint density at radius 3 is 2.54 bits per heavy atom. The number of esters is 1. The van der Waals surface area contributed by atoms with Crippen molar-refractivity contribution in [3.63, 3.8) is 0 Å². The molecule has 130 valence electrons. The summed E-state index contributed by atoms with van der Waals surface area (Å²) < 4.78 is 16.4. The van der Waals surface area contributed by atoms with Crippen molar-refractivity contribution in [2.45, 2.75) is 20.8 Å². The molecule has 0 aliphatic heterocycles. The van der Waals surface area contributed by atoms with Crippen molar-refractivity contribution in [2.24, 2.45) is 0 Å². The minimum absolute atomic E-state index is 0.290. The van der Waals surface area contributed by atoms with Crippen molar-refractivity contribution >= 4 is 17.1 Å². The van der Waals surface area contributed by atoms with E-state index in [1.165, 1.54) is 0 Å². The van der Waals surface area contributed by atoms with Crippen molar-refractivity contribution in [3.05, 3.63) is 65.2 Å². The van der Waals surface area contributed by atoms with Crippen LogP contribution >= 0.6 is 0 Å². The number of nitrogens with zero attached hydrogens (tertiary/aromatic N) is 2. The minimum Gasteiger partial charge on any atom is -0.466 e. The summed E-state index contributed by atoms with van der Waals surface area (Å²) in [4.78, 5) is 17.3. The average Bonchev–Trinajstić information content (AvgIpc) is 3.17. The molecule has 0 unspecified atom stereocenters. The summed E-state index contributed by atoms with van der Waals surface area (Å²) in [5.74, 6) is 1.46. The lowest BCUT2D eigenvalue weighted by Gasteiger charge is -2.07. The number of carbonyl (C=O) groups is 1. The van der Waals surface area contributed by atoms with E-state index in [0.717, 1.165) is 11.3 Å². The smallest absolute Gasteiger partial charge is 0.344 e. The molecule has 0 spiro atoms. The number of ether oxygens (including phenoxy) is 1. The highest BCUT2D eigenvalue weighted by atomic mass is 16.5. The van der Waals surface area contributed by atoms with E-state index in [2.05, 4.69) is 10.1 Å². The molecule has 26 heavy (non-hydrogen) atoms. The molecule has 4 rings (SSSR count). The molecule has 0 bridgehead atoms. The predicted molar refractivity (Wildman–Crippen MR) is 95.1 cm³/mol. The van der Waals surface area contributed by atoms with E-state index in [0.29, 0.717) is 39.6 Å². The van der Waals surface area contributed by atoms with Crippen LogP contribution in [0.3, 0.4) is 0 Å². The quantitative estimate of drug-likeness (QED) is 0.397. The van der Waals surface area contributed by atoms with Crippen LogP contribution in [0, 0.1) is 20.8 Å². The number of aryl methyl sites for hydroxylation is 3. The van der Waals surface area contributed by atoms with Crippen molar-refractivity contribution in [1.29, 1.82) is 0 Å². The summed E-state index contributed by atoms with van der Waals surface area (Å²) in [6, 6.07) is 12.5. The Morgan fingerprint density at radius 2 is 1.85 bits per heavy atom. The third kappa shape index (κ3) is 2.75. The highest BCUT2D eigenvalue weighted by molar-refractivity contribution is 6.05. The molecule has 0 aliphatic rings. The lowest BCUT2D eigenvalue weighted by Crippen LogP contribution is -2.10. The number of benzene rings is 1. The van der Waals surface area contributed by atoms with Crippen LogP contribution in [-0.4, -0.2) is 16.1 Å². The Labute approximate surface area is 149 Å². The molecule has 0 saturated heterocycles. The van der Waals surface area contributed by atoms with Crippen LogP contribution in [0.4, 0.5) is 0 Å². The fourth-order valence-electron chi connectivity index (χ4n) is 2.93. The third-order valence-corrected chi connectivity index (χ3v) is 4.11. The summed E-state index contributed by atoms with van der Waals surface area (Å²) in [6.45, 7) is 5.47. The molecule has 0 N–H and O–H groups in total. The van der Waals surface area contributed by atoms with Gasteiger partial charge in [0, 0.05) is 5.56 Å². The van der Waals surface area contributed by atoms with Gasteiger partial charge >= 0.3 is 5.97 Å². The molecule has 0 fully saturated rings. The average molecular weight is 348 g/mol. The maximum absolute atomic E-state index is 12.8. The number of carbonyl (C=O) groups excluding carboxylic acids is 1. The zero-order valence-corrected chi connectivity index (χ0v) is 14.6. The number of pyridine rings is 1. The van der Waals surface area contributed by atoms with Crippen LogP contribution in [0.15, 0.2) is 51.4 Å². The van der Waals surface area contributed by atoms with Crippen LogP contribution < -0.4 is 4.74 Å². The van der Waals surface area contributed by atoms with Crippen LogP contribution in [0.25, 0.3) is 22.4 Å². The van der Waals surface area contributed by atoms with E-state index in [1.807, 2.05) is 26.0 Å². The summed E-state index contributed by atoms with van der Waals surface area (Å²) in [5, 5.41) is 4.49. The van der Waals surface area contributed by atoms with Gasteiger partial charge in [-0.25, -0.2) is 9.78 Å². The molecule has 0 saturated carbocycles. The van der Waals surface area contributed by atoms with Gasteiger partial charge in [0.1, 0.15) is 17.3 Å². The molecule has 3 heterocycles. The second-order valence-electron chi connectivity index (χ2n) is 6.03. The monoisotopic (exact) mass is 348 g/mol. The fourth-order valence-corrected chi connectivity index (χ4v) is 2.93. The highest BCUT2D eigenvalue weighted by Gasteiger charge is 2.22. The maximum Gasteiger partial charge on any atom is 0.344 e. The second-order valence-corrected chi connectivity index (χ2v) is 6.03. The Hall–Kier alpha value is -3.41. The summed E-state index contributed by atoms with van der Waals surface area (Å²) in [6.07, 6.45) is 0. The topological polar surface area (TPSA) is 78.4 Å². The SMILES string of the molecule is Cc1cc(-c2cc(C(=O)Oc3ccccc3)c3c(C)noc3n2)c(C)o1. The minimum atomic E-state index is -0.492. The van der Waals surface area contributed by atoms with E-state index in [-0.39, 0.29) is 0 Å². The van der Waals surface area contributed by atoms with Crippen LogP contribution in [0.1, 0.15) is 27.6 Å². The lowest BCUT2D eigenvalue weighted by atomic mass is 10.1. The van der Waals surface area contributed by atoms with Crippen LogP contribution in [-0.2, 0) is 0 Å². The van der Waals surface area contributed by atoms with Gasteiger partial charge < -0.3 is 13.7 Å². The van der Waals surface area contributed by atoms with E-state index < -0.39 is 5.97 Å². The third-order valence-electron chi connectivity index (χ3n) is 4.11. The molecule has 1 aromatic carbocycles. The number of hydrogen-bond donors (Lipinski definition) is 0. The highest BCUT2D eigenvalue weighted by Crippen LogP contribution is 2.31. The zero-order chi connectivity index (χ0) is 18.3. The van der Waals surface area contributed by atoms with Gasteiger partial charge in [0.25, 0.3) is 5.71 Å². The second kappa shape index (κ2) is 6.15. The molecule has 0 radical (unpaired) electrons. The van der Waals surface area contributed by atoms with Gasteiger partial charge in [-0.05, 0) is 45.0 Å². The van der Waals surface area contributed by atoms with Gasteiger partial charge in [-0.3, -0.25) is 0 Å². The molecule has 0 amide bonds. The molecule has 0 aliphatic carbocycles. The summed E-state index contributed by atoms with van der Waals surface area (Å²) in [7, 11) is 0. The molecule has 0 atom stereocenters. The number of rotatable bonds is 3. The Kier molecular flexibility index (Phi) is 3.80. The van der Waals surface area contributed by atoms with E-state index >= 15 is 0 Å². The van der Waals surface area contributed by atoms with Gasteiger partial charge in [0.2, 0.25) is 0 Å². The first-order chi connectivity index (χ1) is 12.5. The summed E-state index contributed by atoms with van der Waals surface area (Å²) >= 11 is 0. The maximum atomic E-state index is 12.8. The first-order valence-corrected chi connectivity index (χ1v) is 8.14. The van der Waals surface area contributed by atoms with Crippen LogP contribution in [0.5, 0.6) is 5.75 Å². The normalized spacial score (nSPS) is 11.0. The van der Waals surface area contributed by atoms with Crippen molar-refractivity contribution in [1.82, 2.24) is 10.1 Å². The molecule has 4 aromatic rings.